The summed E-state index contributed by atoms with van der Waals surface area (Å²) >= 11 is 0. The van der Waals surface area contributed by atoms with Crippen molar-refractivity contribution in [2.24, 2.45) is 0 Å². The number of H-pyrrole nitrogens is 1. The minimum atomic E-state index is -0.170. The molecule has 0 spiro atoms. The first kappa shape index (κ1) is 15.7. The number of nitriles is 1. The zero-order valence-corrected chi connectivity index (χ0v) is 14.4. The summed E-state index contributed by atoms with van der Waals surface area (Å²) in [5.74, 6) is 0.476. The van der Waals surface area contributed by atoms with Crippen molar-refractivity contribution in [2.75, 3.05) is 13.1 Å². The van der Waals surface area contributed by atoms with E-state index in [1.807, 2.05) is 0 Å². The molecule has 134 valence electrons. The summed E-state index contributed by atoms with van der Waals surface area (Å²) in [4.78, 5) is 24.4. The minimum Gasteiger partial charge on any atom is -0.315 e. The maximum Gasteiger partial charge on any atom is 0.328 e. The van der Waals surface area contributed by atoms with Crippen LogP contribution in [0.2, 0.25) is 0 Å². The molecule has 0 aliphatic carbocycles. The molecule has 27 heavy (non-hydrogen) atoms. The molecule has 9 nitrogen and oxygen atoms in total. The van der Waals surface area contributed by atoms with Crippen LogP contribution in [0.1, 0.15) is 24.4 Å². The van der Waals surface area contributed by atoms with Gasteiger partial charge in [-0.15, -0.1) is 0 Å². The van der Waals surface area contributed by atoms with Crippen LogP contribution in [0.15, 0.2) is 35.5 Å². The normalized spacial score (nSPS) is 17.4. The first-order chi connectivity index (χ1) is 13.2. The van der Waals surface area contributed by atoms with Crippen molar-refractivity contribution in [3.05, 3.63) is 46.8 Å². The zero-order valence-electron chi connectivity index (χ0n) is 14.4. The molecule has 1 aliphatic heterocycles. The highest BCUT2D eigenvalue weighted by Crippen LogP contribution is 2.25. The first-order valence-electron chi connectivity index (χ1n) is 8.80. The number of imidazole rings is 1. The Morgan fingerprint density at radius 1 is 1.33 bits per heavy atom. The number of hydrogen-bond acceptors (Lipinski definition) is 6. The van der Waals surface area contributed by atoms with Crippen LogP contribution >= 0.6 is 0 Å². The van der Waals surface area contributed by atoms with Crippen LogP contribution in [0.25, 0.3) is 28.1 Å². The topological polar surface area (TPSA) is 117 Å². The standard InChI is InChI=1S/C18H16N8O/c19-7-11-3-5-25-15(6-11)13(9-22-25)16-21-10-14-17(24-16)26(18(27)23-14)12-2-1-4-20-8-12/h3,5-6,9-10,12,20H,1-2,4,8H2,(H,23,27). The number of pyridine rings is 1. The van der Waals surface area contributed by atoms with E-state index >= 15 is 0 Å². The molecule has 5 heterocycles. The summed E-state index contributed by atoms with van der Waals surface area (Å²) in [5.41, 5.74) is 3.04. The van der Waals surface area contributed by atoms with Crippen molar-refractivity contribution in [2.45, 2.75) is 18.9 Å². The second kappa shape index (κ2) is 6.03. The van der Waals surface area contributed by atoms with Gasteiger partial charge in [0.05, 0.1) is 41.1 Å². The van der Waals surface area contributed by atoms with E-state index in [4.69, 9.17) is 5.26 Å². The predicted molar refractivity (Wildman–Crippen MR) is 98.2 cm³/mol. The maximum atomic E-state index is 12.5. The number of hydrogen-bond donors (Lipinski definition) is 2. The molecule has 2 N–H and O–H groups in total. The highest BCUT2D eigenvalue weighted by molar-refractivity contribution is 5.80. The molecule has 1 aliphatic rings. The lowest BCUT2D eigenvalue weighted by atomic mass is 10.1. The molecule has 9 heteroatoms. The van der Waals surface area contributed by atoms with E-state index in [9.17, 15) is 4.79 Å². The Kier molecular flexibility index (Phi) is 3.51. The summed E-state index contributed by atoms with van der Waals surface area (Å²) in [5, 5.41) is 16.8. The molecule has 0 radical (unpaired) electrons. The van der Waals surface area contributed by atoms with Crippen molar-refractivity contribution in [3.63, 3.8) is 0 Å². The molecular weight excluding hydrogens is 344 g/mol. The largest absolute Gasteiger partial charge is 0.328 e. The summed E-state index contributed by atoms with van der Waals surface area (Å²) in [6, 6.07) is 5.66. The number of nitrogens with zero attached hydrogens (tertiary/aromatic N) is 6. The molecule has 5 rings (SSSR count). The van der Waals surface area contributed by atoms with Gasteiger partial charge in [-0.05, 0) is 31.5 Å². The molecule has 1 unspecified atom stereocenters. The van der Waals surface area contributed by atoms with Gasteiger partial charge in [-0.25, -0.2) is 19.3 Å². The van der Waals surface area contributed by atoms with Gasteiger partial charge in [0.1, 0.15) is 5.52 Å². The van der Waals surface area contributed by atoms with Crippen molar-refractivity contribution in [1.29, 1.82) is 5.26 Å². The Morgan fingerprint density at radius 2 is 2.26 bits per heavy atom. The third-order valence-electron chi connectivity index (χ3n) is 4.98. The Labute approximate surface area is 153 Å². The third-order valence-corrected chi connectivity index (χ3v) is 4.98. The lowest BCUT2D eigenvalue weighted by Crippen LogP contribution is -2.35. The predicted octanol–water partition coefficient (Wildman–Crippen LogP) is 1.23. The number of aromatic nitrogens is 6. The smallest absolute Gasteiger partial charge is 0.315 e. The number of piperidine rings is 1. The van der Waals surface area contributed by atoms with Crippen LogP contribution in [-0.2, 0) is 0 Å². The van der Waals surface area contributed by atoms with E-state index in [1.165, 1.54) is 0 Å². The fourth-order valence-corrected chi connectivity index (χ4v) is 3.66. The van der Waals surface area contributed by atoms with Crippen LogP contribution in [0.3, 0.4) is 0 Å². The van der Waals surface area contributed by atoms with E-state index in [2.05, 4.69) is 31.4 Å². The van der Waals surface area contributed by atoms with Crippen LogP contribution in [0.4, 0.5) is 0 Å². The van der Waals surface area contributed by atoms with Crippen molar-refractivity contribution >= 4 is 16.7 Å². The number of nitrogens with one attached hydrogen (secondary N) is 2. The second-order valence-electron chi connectivity index (χ2n) is 6.65. The molecule has 4 aromatic rings. The van der Waals surface area contributed by atoms with E-state index < -0.39 is 0 Å². The lowest BCUT2D eigenvalue weighted by molar-refractivity contribution is 0.370. The summed E-state index contributed by atoms with van der Waals surface area (Å²) in [6.07, 6.45) is 6.99. The summed E-state index contributed by atoms with van der Waals surface area (Å²) < 4.78 is 3.40. The van der Waals surface area contributed by atoms with Gasteiger partial charge in [0.25, 0.3) is 0 Å². The van der Waals surface area contributed by atoms with Crippen molar-refractivity contribution < 1.29 is 0 Å². The molecule has 1 fully saturated rings. The summed E-state index contributed by atoms with van der Waals surface area (Å²) in [7, 11) is 0. The van der Waals surface area contributed by atoms with Gasteiger partial charge in [0.2, 0.25) is 0 Å². The van der Waals surface area contributed by atoms with Gasteiger partial charge in [-0.1, -0.05) is 0 Å². The monoisotopic (exact) mass is 360 g/mol. The quantitative estimate of drug-likeness (QED) is 0.555. The second-order valence-corrected chi connectivity index (χ2v) is 6.65. The van der Waals surface area contributed by atoms with E-state index in [-0.39, 0.29) is 11.7 Å². The van der Waals surface area contributed by atoms with Gasteiger partial charge < -0.3 is 10.3 Å². The average molecular weight is 360 g/mol. The molecule has 1 saturated heterocycles. The first-order valence-corrected chi connectivity index (χ1v) is 8.80. The highest BCUT2D eigenvalue weighted by atomic mass is 16.1. The van der Waals surface area contributed by atoms with Gasteiger partial charge >= 0.3 is 5.69 Å². The number of fused-ring (bicyclic) bond motifs is 2. The van der Waals surface area contributed by atoms with E-state index in [0.29, 0.717) is 22.6 Å². The SMILES string of the molecule is N#Cc1ccn2ncc(-c3ncc4[nH]c(=O)n(C5CCCNC5)c4n3)c2c1. The van der Waals surface area contributed by atoms with Gasteiger partial charge in [0.15, 0.2) is 11.5 Å². The molecule has 0 aromatic carbocycles. The van der Waals surface area contributed by atoms with Gasteiger partial charge in [0, 0.05) is 12.7 Å². The molecule has 0 bridgehead atoms. The van der Waals surface area contributed by atoms with Gasteiger partial charge in [-0.3, -0.25) is 4.57 Å². The number of aromatic amines is 1. The van der Waals surface area contributed by atoms with Crippen LogP contribution in [-0.4, -0.2) is 42.2 Å². The zero-order chi connectivity index (χ0) is 18.4. The van der Waals surface area contributed by atoms with E-state index in [1.54, 1.807) is 39.8 Å². The van der Waals surface area contributed by atoms with Crippen LogP contribution in [0.5, 0.6) is 0 Å². The fraction of sp³-hybridized carbons (Fsp3) is 0.278. The van der Waals surface area contributed by atoms with Crippen molar-refractivity contribution in [1.82, 2.24) is 34.4 Å². The molecule has 0 saturated carbocycles. The third kappa shape index (κ3) is 2.50. The van der Waals surface area contributed by atoms with Crippen LogP contribution < -0.4 is 11.0 Å². The Bertz CT molecular complexity index is 1250. The van der Waals surface area contributed by atoms with E-state index in [0.717, 1.165) is 37.0 Å². The molecule has 4 aromatic heterocycles. The average Bonchev–Trinajstić information content (AvgIpc) is 3.27. The number of rotatable bonds is 2. The Balaban J connectivity index is 1.69. The molecular formula is C18H16N8O. The van der Waals surface area contributed by atoms with Gasteiger partial charge in [-0.2, -0.15) is 10.4 Å². The lowest BCUT2D eigenvalue weighted by Gasteiger charge is -2.23. The highest BCUT2D eigenvalue weighted by Gasteiger charge is 2.21. The Hall–Kier alpha value is -3.51. The van der Waals surface area contributed by atoms with Crippen molar-refractivity contribution in [3.8, 4) is 17.5 Å². The minimum absolute atomic E-state index is 0.0665. The Morgan fingerprint density at radius 3 is 3.07 bits per heavy atom. The molecule has 1 atom stereocenters. The maximum absolute atomic E-state index is 12.5. The van der Waals surface area contributed by atoms with Crippen LogP contribution in [0, 0.1) is 11.3 Å². The molecule has 0 amide bonds. The summed E-state index contributed by atoms with van der Waals surface area (Å²) in [6.45, 7) is 1.71. The fourth-order valence-electron chi connectivity index (χ4n) is 3.66.